The fraction of sp³-hybridized carbons (Fsp3) is 0.625. The van der Waals surface area contributed by atoms with Crippen molar-refractivity contribution < 1.29 is 9.84 Å². The zero-order valence-corrected chi connectivity index (χ0v) is 11.5. The molecular weight excluding hydrogens is 224 g/mol. The predicted molar refractivity (Wildman–Crippen MR) is 73.9 cm³/mol. The van der Waals surface area contributed by atoms with Crippen LogP contribution in [0.4, 0.5) is 0 Å². The van der Waals surface area contributed by atoms with Crippen LogP contribution in [0, 0.1) is 12.8 Å². The molecule has 1 fully saturated rings. The maximum absolute atomic E-state index is 10.2. The second kappa shape index (κ2) is 6.24. The summed E-state index contributed by atoms with van der Waals surface area (Å²) in [5.74, 6) is 1.71. The standard InChI is InChI=1S/C16H24O2/c1-12-7-9-14(11-16(12)18-2)15(17)10-8-13-5-3-4-6-13/h7,9,11,13,15,17H,3-6,8,10H2,1-2H3. The van der Waals surface area contributed by atoms with Gasteiger partial charge in [0.05, 0.1) is 13.2 Å². The van der Waals surface area contributed by atoms with Crippen LogP contribution in [0.25, 0.3) is 0 Å². The molecule has 0 aliphatic heterocycles. The van der Waals surface area contributed by atoms with Crippen LogP contribution in [-0.4, -0.2) is 12.2 Å². The highest BCUT2D eigenvalue weighted by Crippen LogP contribution is 2.32. The third kappa shape index (κ3) is 3.26. The largest absolute Gasteiger partial charge is 0.496 e. The maximum atomic E-state index is 10.2. The monoisotopic (exact) mass is 248 g/mol. The molecule has 1 N–H and O–H groups in total. The normalized spacial score (nSPS) is 17.9. The van der Waals surface area contributed by atoms with Gasteiger partial charge in [-0.25, -0.2) is 0 Å². The summed E-state index contributed by atoms with van der Waals surface area (Å²) in [7, 11) is 1.68. The number of methoxy groups -OCH3 is 1. The number of aliphatic hydroxyl groups is 1. The number of aryl methyl sites for hydroxylation is 1. The van der Waals surface area contributed by atoms with Gasteiger partial charge in [-0.1, -0.05) is 37.8 Å². The minimum absolute atomic E-state index is 0.347. The summed E-state index contributed by atoms with van der Waals surface area (Å²) in [6, 6.07) is 6.00. The second-order valence-electron chi connectivity index (χ2n) is 5.47. The number of hydrogen-bond donors (Lipinski definition) is 1. The van der Waals surface area contributed by atoms with Crippen LogP contribution in [0.15, 0.2) is 18.2 Å². The lowest BCUT2D eigenvalue weighted by Gasteiger charge is -2.15. The SMILES string of the molecule is COc1cc(C(O)CCC2CCCC2)ccc1C. The van der Waals surface area contributed by atoms with Crippen LogP contribution in [0.5, 0.6) is 5.75 Å². The highest BCUT2D eigenvalue weighted by molar-refractivity contribution is 5.37. The van der Waals surface area contributed by atoms with E-state index in [2.05, 4.69) is 0 Å². The van der Waals surface area contributed by atoms with Crippen LogP contribution in [-0.2, 0) is 0 Å². The third-order valence-electron chi connectivity index (χ3n) is 4.14. The van der Waals surface area contributed by atoms with Gasteiger partial charge in [0.15, 0.2) is 0 Å². The quantitative estimate of drug-likeness (QED) is 0.853. The molecule has 100 valence electrons. The summed E-state index contributed by atoms with van der Waals surface area (Å²) < 4.78 is 5.30. The fourth-order valence-corrected chi connectivity index (χ4v) is 2.90. The molecule has 18 heavy (non-hydrogen) atoms. The van der Waals surface area contributed by atoms with Gasteiger partial charge in [0.1, 0.15) is 5.75 Å². The van der Waals surface area contributed by atoms with Gasteiger partial charge in [-0.15, -0.1) is 0 Å². The van der Waals surface area contributed by atoms with Crippen molar-refractivity contribution in [3.05, 3.63) is 29.3 Å². The van der Waals surface area contributed by atoms with Gasteiger partial charge in [0, 0.05) is 0 Å². The molecule has 0 bridgehead atoms. The highest BCUT2D eigenvalue weighted by Gasteiger charge is 2.17. The lowest BCUT2D eigenvalue weighted by Crippen LogP contribution is -2.02. The Kier molecular flexibility index (Phi) is 4.65. The number of hydrogen-bond acceptors (Lipinski definition) is 2. The highest BCUT2D eigenvalue weighted by atomic mass is 16.5. The predicted octanol–water partition coefficient (Wildman–Crippen LogP) is 4.01. The molecule has 1 saturated carbocycles. The maximum Gasteiger partial charge on any atom is 0.122 e. The molecule has 1 aromatic rings. The first-order chi connectivity index (χ1) is 8.70. The average Bonchev–Trinajstić information content (AvgIpc) is 2.89. The summed E-state index contributed by atoms with van der Waals surface area (Å²) in [6.07, 6.45) is 7.13. The van der Waals surface area contributed by atoms with Crippen LogP contribution in [0.3, 0.4) is 0 Å². The summed E-state index contributed by atoms with van der Waals surface area (Å²) >= 11 is 0. The molecule has 1 aromatic carbocycles. The minimum Gasteiger partial charge on any atom is -0.496 e. The number of benzene rings is 1. The van der Waals surface area contributed by atoms with E-state index in [0.29, 0.717) is 0 Å². The van der Waals surface area contributed by atoms with E-state index in [1.54, 1.807) is 7.11 Å². The Morgan fingerprint density at radius 1 is 1.33 bits per heavy atom. The van der Waals surface area contributed by atoms with Gasteiger partial charge in [0.25, 0.3) is 0 Å². The Labute approximate surface area is 110 Å². The molecule has 1 unspecified atom stereocenters. The number of ether oxygens (including phenoxy) is 1. The van der Waals surface area contributed by atoms with E-state index in [-0.39, 0.29) is 6.10 Å². The number of rotatable bonds is 5. The van der Waals surface area contributed by atoms with Crippen LogP contribution in [0.1, 0.15) is 55.8 Å². The van der Waals surface area contributed by atoms with Crippen molar-refractivity contribution in [3.8, 4) is 5.75 Å². The minimum atomic E-state index is -0.347. The first-order valence-corrected chi connectivity index (χ1v) is 7.03. The van der Waals surface area contributed by atoms with Gasteiger partial charge in [-0.05, 0) is 42.9 Å². The Bertz CT molecular complexity index is 381. The molecule has 2 rings (SSSR count). The van der Waals surface area contributed by atoms with E-state index >= 15 is 0 Å². The first-order valence-electron chi connectivity index (χ1n) is 7.03. The third-order valence-corrected chi connectivity index (χ3v) is 4.14. The molecule has 1 aliphatic rings. The van der Waals surface area contributed by atoms with Crippen molar-refractivity contribution in [3.63, 3.8) is 0 Å². The molecule has 0 spiro atoms. The number of aliphatic hydroxyl groups excluding tert-OH is 1. The van der Waals surface area contributed by atoms with Gasteiger partial charge < -0.3 is 9.84 Å². The second-order valence-corrected chi connectivity index (χ2v) is 5.47. The molecule has 2 heteroatoms. The van der Waals surface area contributed by atoms with Crippen molar-refractivity contribution in [1.82, 2.24) is 0 Å². The smallest absolute Gasteiger partial charge is 0.122 e. The Hall–Kier alpha value is -1.02. The summed E-state index contributed by atoms with van der Waals surface area (Å²) in [5.41, 5.74) is 2.10. The van der Waals surface area contributed by atoms with E-state index in [4.69, 9.17) is 4.74 Å². The van der Waals surface area contributed by atoms with E-state index in [1.807, 2.05) is 25.1 Å². The fourth-order valence-electron chi connectivity index (χ4n) is 2.90. The van der Waals surface area contributed by atoms with Crippen molar-refractivity contribution in [2.75, 3.05) is 7.11 Å². The van der Waals surface area contributed by atoms with Crippen molar-refractivity contribution >= 4 is 0 Å². The van der Waals surface area contributed by atoms with E-state index in [1.165, 1.54) is 25.7 Å². The van der Waals surface area contributed by atoms with E-state index < -0.39 is 0 Å². The summed E-state index contributed by atoms with van der Waals surface area (Å²) in [5, 5.41) is 10.2. The molecule has 2 nitrogen and oxygen atoms in total. The molecule has 1 aliphatic carbocycles. The van der Waals surface area contributed by atoms with E-state index in [0.717, 1.165) is 35.6 Å². The first kappa shape index (κ1) is 13.4. The summed E-state index contributed by atoms with van der Waals surface area (Å²) in [6.45, 7) is 2.02. The van der Waals surface area contributed by atoms with Crippen molar-refractivity contribution in [2.24, 2.45) is 5.92 Å². The molecule has 0 saturated heterocycles. The molecule has 0 radical (unpaired) electrons. The van der Waals surface area contributed by atoms with Gasteiger partial charge in [0.2, 0.25) is 0 Å². The Balaban J connectivity index is 1.93. The molecule has 0 heterocycles. The average molecular weight is 248 g/mol. The van der Waals surface area contributed by atoms with Crippen LogP contribution >= 0.6 is 0 Å². The molecular formula is C16H24O2. The van der Waals surface area contributed by atoms with Crippen molar-refractivity contribution in [1.29, 1.82) is 0 Å². The summed E-state index contributed by atoms with van der Waals surface area (Å²) in [4.78, 5) is 0. The molecule has 1 atom stereocenters. The van der Waals surface area contributed by atoms with Crippen molar-refractivity contribution in [2.45, 2.75) is 51.6 Å². The lowest BCUT2D eigenvalue weighted by atomic mass is 9.96. The van der Waals surface area contributed by atoms with E-state index in [9.17, 15) is 5.11 Å². The van der Waals surface area contributed by atoms with Crippen LogP contribution < -0.4 is 4.74 Å². The zero-order valence-electron chi connectivity index (χ0n) is 11.5. The molecule has 0 amide bonds. The molecule has 0 aromatic heterocycles. The Morgan fingerprint density at radius 3 is 2.72 bits per heavy atom. The lowest BCUT2D eigenvalue weighted by molar-refractivity contribution is 0.156. The Morgan fingerprint density at radius 2 is 2.06 bits per heavy atom. The van der Waals surface area contributed by atoms with Gasteiger partial charge in [-0.3, -0.25) is 0 Å². The van der Waals surface area contributed by atoms with Gasteiger partial charge in [-0.2, -0.15) is 0 Å². The topological polar surface area (TPSA) is 29.5 Å². The van der Waals surface area contributed by atoms with Gasteiger partial charge >= 0.3 is 0 Å². The van der Waals surface area contributed by atoms with Crippen LogP contribution in [0.2, 0.25) is 0 Å². The zero-order chi connectivity index (χ0) is 13.0.